The van der Waals surface area contributed by atoms with Gasteiger partial charge in [0.05, 0.1) is 40.6 Å². The number of rotatable bonds is 7. The average molecular weight is 570 g/mol. The molecule has 6 rings (SSSR count). The molecule has 1 amide bonds. The molecule has 0 spiro atoms. The van der Waals surface area contributed by atoms with Crippen LogP contribution in [-0.2, 0) is 20.9 Å². The molecule has 3 fully saturated rings. The minimum absolute atomic E-state index is 0.00420. The number of fused-ring (bicyclic) bond motifs is 2. The normalized spacial score (nSPS) is 22.5. The Kier molecular flexibility index (Phi) is 6.68. The largest absolute Gasteiger partial charge is 0.455 e. The summed E-state index contributed by atoms with van der Waals surface area (Å²) in [6.07, 6.45) is 4.84. The molecule has 2 saturated carbocycles. The van der Waals surface area contributed by atoms with Gasteiger partial charge in [0, 0.05) is 23.1 Å². The van der Waals surface area contributed by atoms with Gasteiger partial charge in [0.2, 0.25) is 5.91 Å². The average Bonchev–Trinajstić information content (AvgIpc) is 3.38. The number of amides is 1. The predicted octanol–water partition coefficient (Wildman–Crippen LogP) is 6.59. The Labute approximate surface area is 236 Å². The van der Waals surface area contributed by atoms with Crippen LogP contribution in [0.2, 0.25) is 10.0 Å². The third-order valence-corrected chi connectivity index (χ3v) is 8.07. The lowest BCUT2D eigenvalue weighted by Crippen LogP contribution is -2.43. The molecule has 0 radical (unpaired) electrons. The molecule has 1 saturated heterocycles. The summed E-state index contributed by atoms with van der Waals surface area (Å²) < 4.78 is 17.5. The van der Waals surface area contributed by atoms with E-state index < -0.39 is 11.6 Å². The Morgan fingerprint density at radius 3 is 2.49 bits per heavy atom. The van der Waals surface area contributed by atoms with Crippen molar-refractivity contribution in [1.82, 2.24) is 10.1 Å². The van der Waals surface area contributed by atoms with Gasteiger partial charge in [0.15, 0.2) is 0 Å². The van der Waals surface area contributed by atoms with Crippen LogP contribution in [0.4, 0.5) is 5.69 Å². The highest BCUT2D eigenvalue weighted by Crippen LogP contribution is 2.47. The van der Waals surface area contributed by atoms with E-state index in [1.54, 1.807) is 62.2 Å². The van der Waals surface area contributed by atoms with Crippen molar-refractivity contribution in [2.24, 2.45) is 5.92 Å². The lowest BCUT2D eigenvalue weighted by Gasteiger charge is -2.31. The van der Waals surface area contributed by atoms with E-state index in [2.05, 4.69) is 10.1 Å². The van der Waals surface area contributed by atoms with Crippen LogP contribution < -0.4 is 4.90 Å². The van der Waals surface area contributed by atoms with Crippen LogP contribution in [0.3, 0.4) is 0 Å². The van der Waals surface area contributed by atoms with Crippen molar-refractivity contribution in [2.45, 2.75) is 76.7 Å². The number of hydrogen-bond acceptors (Lipinski definition) is 7. The van der Waals surface area contributed by atoms with Crippen LogP contribution in [-0.4, -0.2) is 39.8 Å². The number of ether oxygens (including phenoxy) is 2. The zero-order chi connectivity index (χ0) is 27.5. The number of anilines is 1. The number of halogens is 2. The minimum Gasteiger partial charge on any atom is -0.455 e. The van der Waals surface area contributed by atoms with E-state index in [1.807, 2.05) is 0 Å². The van der Waals surface area contributed by atoms with Gasteiger partial charge >= 0.3 is 5.97 Å². The summed E-state index contributed by atoms with van der Waals surface area (Å²) in [6, 6.07) is 8.69. The molecule has 10 heteroatoms. The highest BCUT2D eigenvalue weighted by molar-refractivity contribution is 6.39. The molecule has 1 aliphatic heterocycles. The number of carbonyl (C=O) groups excluding carboxylic acids is 2. The summed E-state index contributed by atoms with van der Waals surface area (Å²) >= 11 is 13.0. The number of pyridine rings is 1. The number of carbonyl (C=O) groups is 2. The van der Waals surface area contributed by atoms with Crippen molar-refractivity contribution in [3.05, 3.63) is 63.6 Å². The van der Waals surface area contributed by atoms with Crippen molar-refractivity contribution >= 4 is 40.8 Å². The van der Waals surface area contributed by atoms with E-state index in [-0.39, 0.29) is 36.3 Å². The van der Waals surface area contributed by atoms with Gasteiger partial charge in [-0.25, -0.2) is 9.78 Å². The molecule has 2 bridgehead atoms. The fourth-order valence-corrected chi connectivity index (χ4v) is 6.12. The second kappa shape index (κ2) is 9.91. The Morgan fingerprint density at radius 2 is 1.87 bits per heavy atom. The van der Waals surface area contributed by atoms with Crippen molar-refractivity contribution in [1.29, 1.82) is 0 Å². The minimum atomic E-state index is -0.608. The van der Waals surface area contributed by atoms with E-state index >= 15 is 0 Å². The van der Waals surface area contributed by atoms with E-state index in [9.17, 15) is 9.59 Å². The molecule has 3 atom stereocenters. The SMILES string of the molecule is CC(C)(C)OC(=O)c1ccc(N2C(=O)[C@@H]3C[C@H]2C[C@H]3OCc2c(-c3c(Cl)cccc3Cl)noc2C2CC2)cn1. The highest BCUT2D eigenvalue weighted by atomic mass is 35.5. The van der Waals surface area contributed by atoms with Crippen LogP contribution >= 0.6 is 23.2 Å². The van der Waals surface area contributed by atoms with E-state index in [0.29, 0.717) is 45.7 Å². The Bertz CT molecular complexity index is 1410. The molecule has 0 N–H and O–H groups in total. The van der Waals surface area contributed by atoms with E-state index in [1.165, 1.54) is 0 Å². The number of benzene rings is 1. The predicted molar refractivity (Wildman–Crippen MR) is 146 cm³/mol. The Morgan fingerprint density at radius 1 is 1.13 bits per heavy atom. The summed E-state index contributed by atoms with van der Waals surface area (Å²) in [5, 5.41) is 5.32. The maximum absolute atomic E-state index is 13.4. The molecule has 3 aliphatic rings. The number of aromatic nitrogens is 2. The number of piperidine rings is 1. The first kappa shape index (κ1) is 26.3. The van der Waals surface area contributed by atoms with E-state index in [4.69, 9.17) is 37.2 Å². The molecule has 8 nitrogen and oxygen atoms in total. The Hall–Kier alpha value is -2.94. The second-order valence-electron chi connectivity index (χ2n) is 11.4. The first-order valence-corrected chi connectivity index (χ1v) is 13.9. The van der Waals surface area contributed by atoms with Crippen molar-refractivity contribution in [2.75, 3.05) is 4.90 Å². The van der Waals surface area contributed by atoms with Gasteiger partial charge in [-0.2, -0.15) is 0 Å². The van der Waals surface area contributed by atoms with Crippen LogP contribution in [0.15, 0.2) is 41.1 Å². The lowest BCUT2D eigenvalue weighted by molar-refractivity contribution is -0.126. The van der Waals surface area contributed by atoms with Crippen LogP contribution in [0.25, 0.3) is 11.3 Å². The number of hydrogen-bond donors (Lipinski definition) is 0. The van der Waals surface area contributed by atoms with Gasteiger partial charge in [-0.05, 0) is 70.7 Å². The smallest absolute Gasteiger partial charge is 0.357 e. The third-order valence-electron chi connectivity index (χ3n) is 7.44. The summed E-state index contributed by atoms with van der Waals surface area (Å²) in [7, 11) is 0. The Balaban J connectivity index is 1.16. The topological polar surface area (TPSA) is 94.8 Å². The quantitative estimate of drug-likeness (QED) is 0.296. The molecule has 204 valence electrons. The fraction of sp³-hybridized carbons (Fsp3) is 0.448. The molecular formula is C29H29Cl2N3O5. The maximum atomic E-state index is 13.4. The summed E-state index contributed by atoms with van der Waals surface area (Å²) in [5.74, 6) is 0.392. The molecular weight excluding hydrogens is 541 g/mol. The maximum Gasteiger partial charge on any atom is 0.357 e. The van der Waals surface area contributed by atoms with Gasteiger partial charge in [-0.15, -0.1) is 0 Å². The molecule has 2 aromatic heterocycles. The first-order chi connectivity index (χ1) is 18.6. The highest BCUT2D eigenvalue weighted by Gasteiger charge is 2.52. The second-order valence-corrected chi connectivity index (χ2v) is 12.3. The lowest BCUT2D eigenvalue weighted by atomic mass is 10.0. The van der Waals surface area contributed by atoms with Gasteiger partial charge < -0.3 is 18.9 Å². The van der Waals surface area contributed by atoms with Gasteiger partial charge in [-0.3, -0.25) is 4.79 Å². The first-order valence-electron chi connectivity index (χ1n) is 13.2. The zero-order valence-electron chi connectivity index (χ0n) is 21.9. The monoisotopic (exact) mass is 569 g/mol. The van der Waals surface area contributed by atoms with Crippen LogP contribution in [0.5, 0.6) is 0 Å². The van der Waals surface area contributed by atoms with Crippen LogP contribution in [0, 0.1) is 5.92 Å². The summed E-state index contributed by atoms with van der Waals surface area (Å²) in [5.41, 5.74) is 2.35. The van der Waals surface area contributed by atoms with E-state index in [0.717, 1.165) is 24.2 Å². The standard InChI is InChI=1S/C29H29Cl2N3O5/c1-29(2,3)38-28(36)22-10-9-16(13-32-22)34-17-11-18(27(34)35)23(12-17)37-14-19-25(33-39-26(19)15-7-8-15)24-20(30)5-4-6-21(24)31/h4-6,9-10,13,15,17-18,23H,7-8,11-12,14H2,1-3H3/t17-,18+,23+/m0/s1. The molecule has 1 aromatic carbocycles. The van der Waals surface area contributed by atoms with Crippen molar-refractivity contribution in [3.63, 3.8) is 0 Å². The van der Waals surface area contributed by atoms with Crippen molar-refractivity contribution in [3.8, 4) is 11.3 Å². The van der Waals surface area contributed by atoms with Gasteiger partial charge in [0.1, 0.15) is 22.7 Å². The summed E-state index contributed by atoms with van der Waals surface area (Å²) in [6.45, 7) is 5.68. The molecule has 3 heterocycles. The van der Waals surface area contributed by atoms with Crippen molar-refractivity contribution < 1.29 is 23.6 Å². The zero-order valence-corrected chi connectivity index (χ0v) is 23.5. The molecule has 39 heavy (non-hydrogen) atoms. The number of nitrogens with zero attached hydrogens (tertiary/aromatic N) is 3. The van der Waals surface area contributed by atoms with Gasteiger partial charge in [0.25, 0.3) is 0 Å². The van der Waals surface area contributed by atoms with Crippen LogP contribution in [0.1, 0.15) is 74.2 Å². The van der Waals surface area contributed by atoms with Gasteiger partial charge in [-0.1, -0.05) is 34.4 Å². The molecule has 0 unspecified atom stereocenters. The fourth-order valence-electron chi connectivity index (χ4n) is 5.54. The third kappa shape index (κ3) is 5.06. The summed E-state index contributed by atoms with van der Waals surface area (Å²) in [4.78, 5) is 31.7. The number of esters is 1. The molecule has 3 aromatic rings. The molecule has 2 aliphatic carbocycles.